The molecule has 8 heteroatoms. The summed E-state index contributed by atoms with van der Waals surface area (Å²) in [6.07, 6.45) is 4.37. The van der Waals surface area contributed by atoms with Crippen molar-refractivity contribution >= 4 is 17.7 Å². The van der Waals surface area contributed by atoms with Gasteiger partial charge in [-0.1, -0.05) is 5.16 Å². The molecule has 0 unspecified atom stereocenters. The minimum atomic E-state index is -0.354. The Bertz CT molecular complexity index is 894. The zero-order valence-electron chi connectivity index (χ0n) is 14.9. The number of carbonyl (C=O) groups excluding carboxylic acids is 1. The number of nitrogens with zero attached hydrogens (tertiary/aromatic N) is 5. The molecular weight excluding hydrogens is 332 g/mol. The quantitative estimate of drug-likeness (QED) is 0.727. The van der Waals surface area contributed by atoms with Gasteiger partial charge >= 0.3 is 0 Å². The molecule has 0 aromatic carbocycles. The van der Waals surface area contributed by atoms with Gasteiger partial charge in [-0.2, -0.15) is 0 Å². The Hall–Kier alpha value is -3.29. The van der Waals surface area contributed by atoms with E-state index in [1.807, 2.05) is 31.0 Å². The molecule has 0 saturated carbocycles. The van der Waals surface area contributed by atoms with Gasteiger partial charge in [0.1, 0.15) is 11.5 Å². The molecular formula is C18H20N6O2. The third-order valence-corrected chi connectivity index (χ3v) is 3.77. The lowest BCUT2D eigenvalue weighted by atomic mass is 10.2. The first-order chi connectivity index (χ1) is 12.5. The molecule has 0 aliphatic carbocycles. The molecule has 0 aliphatic heterocycles. The predicted octanol–water partition coefficient (Wildman–Crippen LogP) is 2.41. The van der Waals surface area contributed by atoms with Crippen LogP contribution in [-0.4, -0.2) is 39.6 Å². The van der Waals surface area contributed by atoms with Gasteiger partial charge in [0.2, 0.25) is 5.95 Å². The van der Waals surface area contributed by atoms with Gasteiger partial charge in [0.05, 0.1) is 0 Å². The van der Waals surface area contributed by atoms with Gasteiger partial charge in [0.25, 0.3) is 5.91 Å². The maximum absolute atomic E-state index is 12.4. The molecule has 1 N–H and O–H groups in total. The fraction of sp³-hybridized carbons (Fsp3) is 0.278. The van der Waals surface area contributed by atoms with Gasteiger partial charge in [0, 0.05) is 37.7 Å². The van der Waals surface area contributed by atoms with Crippen LogP contribution in [0.2, 0.25) is 0 Å². The van der Waals surface area contributed by atoms with Crippen LogP contribution in [0, 0.1) is 13.8 Å². The highest BCUT2D eigenvalue weighted by atomic mass is 16.5. The molecule has 3 heterocycles. The number of likely N-dealkylation sites (N-methyl/N-ethyl adjacent to an activating group) is 1. The highest BCUT2D eigenvalue weighted by Gasteiger charge is 2.14. The van der Waals surface area contributed by atoms with Crippen LogP contribution in [0.4, 0.5) is 11.8 Å². The molecule has 0 radical (unpaired) electrons. The maximum Gasteiger partial charge on any atom is 0.275 e. The maximum atomic E-state index is 12.4. The summed E-state index contributed by atoms with van der Waals surface area (Å²) in [5, 5.41) is 6.43. The Morgan fingerprint density at radius 2 is 1.96 bits per heavy atom. The topological polar surface area (TPSA) is 97.0 Å². The zero-order valence-corrected chi connectivity index (χ0v) is 14.9. The van der Waals surface area contributed by atoms with Gasteiger partial charge in [-0.25, -0.2) is 9.97 Å². The lowest BCUT2D eigenvalue weighted by Gasteiger charge is -2.18. The number of pyridine rings is 1. The molecule has 1 amide bonds. The number of amides is 1. The third kappa shape index (κ3) is 4.41. The van der Waals surface area contributed by atoms with Crippen LogP contribution in [0.1, 0.15) is 27.5 Å². The van der Waals surface area contributed by atoms with Crippen molar-refractivity contribution in [1.29, 1.82) is 0 Å². The van der Waals surface area contributed by atoms with Crippen molar-refractivity contribution in [3.05, 3.63) is 59.4 Å². The fourth-order valence-corrected chi connectivity index (χ4v) is 2.39. The van der Waals surface area contributed by atoms with Crippen LogP contribution >= 0.6 is 0 Å². The van der Waals surface area contributed by atoms with Gasteiger partial charge in [-0.3, -0.25) is 9.78 Å². The molecule has 0 bridgehead atoms. The summed E-state index contributed by atoms with van der Waals surface area (Å²) in [4.78, 5) is 27.2. The SMILES string of the molecule is Cc1cc(C(=O)Nc2cc(C)on2)nc(N(C)CCc2ccncc2)n1. The summed E-state index contributed by atoms with van der Waals surface area (Å²) in [5.74, 6) is 1.13. The molecule has 3 aromatic heterocycles. The van der Waals surface area contributed by atoms with E-state index in [9.17, 15) is 4.79 Å². The minimum absolute atomic E-state index is 0.281. The lowest BCUT2D eigenvalue weighted by Crippen LogP contribution is -2.24. The first kappa shape index (κ1) is 17.5. The summed E-state index contributed by atoms with van der Waals surface area (Å²) in [6, 6.07) is 7.24. The standard InChI is InChI=1S/C18H20N6O2/c1-12-10-15(17(25)22-16-11-13(2)26-23-16)21-18(20-12)24(3)9-6-14-4-7-19-8-5-14/h4-5,7-8,10-11H,6,9H2,1-3H3,(H,22,23,25). The molecule has 0 fully saturated rings. The van der Waals surface area contributed by atoms with E-state index < -0.39 is 0 Å². The number of hydrogen-bond acceptors (Lipinski definition) is 7. The third-order valence-electron chi connectivity index (χ3n) is 3.77. The van der Waals surface area contributed by atoms with Crippen LogP contribution in [-0.2, 0) is 6.42 Å². The largest absolute Gasteiger partial charge is 0.360 e. The van der Waals surface area contributed by atoms with Gasteiger partial charge in [-0.15, -0.1) is 0 Å². The summed E-state index contributed by atoms with van der Waals surface area (Å²) in [7, 11) is 1.90. The van der Waals surface area contributed by atoms with E-state index in [1.54, 1.807) is 31.5 Å². The average molecular weight is 352 g/mol. The van der Waals surface area contributed by atoms with Crippen LogP contribution in [0.3, 0.4) is 0 Å². The van der Waals surface area contributed by atoms with Crippen molar-refractivity contribution in [2.45, 2.75) is 20.3 Å². The average Bonchev–Trinajstić information content (AvgIpc) is 3.04. The Kier molecular flexibility index (Phi) is 5.21. The predicted molar refractivity (Wildman–Crippen MR) is 97.2 cm³/mol. The molecule has 26 heavy (non-hydrogen) atoms. The summed E-state index contributed by atoms with van der Waals surface area (Å²) in [5.41, 5.74) is 2.18. The number of aromatic nitrogens is 4. The summed E-state index contributed by atoms with van der Waals surface area (Å²) < 4.78 is 4.95. The number of carbonyl (C=O) groups is 1. The van der Waals surface area contributed by atoms with E-state index in [0.717, 1.165) is 13.0 Å². The Labute approximate surface area is 151 Å². The highest BCUT2D eigenvalue weighted by molar-refractivity contribution is 6.02. The normalized spacial score (nSPS) is 10.6. The molecule has 0 aliphatic rings. The van der Waals surface area contributed by atoms with E-state index >= 15 is 0 Å². The monoisotopic (exact) mass is 352 g/mol. The van der Waals surface area contributed by atoms with E-state index in [1.165, 1.54) is 5.56 Å². The Balaban J connectivity index is 1.71. The molecule has 3 aromatic rings. The van der Waals surface area contributed by atoms with Gasteiger partial charge < -0.3 is 14.7 Å². The van der Waals surface area contributed by atoms with Gasteiger partial charge in [-0.05, 0) is 44.0 Å². The molecule has 0 atom stereocenters. The second-order valence-corrected chi connectivity index (χ2v) is 6.00. The summed E-state index contributed by atoms with van der Waals surface area (Å²) >= 11 is 0. The Morgan fingerprint density at radius 3 is 2.65 bits per heavy atom. The number of hydrogen-bond donors (Lipinski definition) is 1. The first-order valence-electron chi connectivity index (χ1n) is 8.21. The first-order valence-corrected chi connectivity index (χ1v) is 8.21. The highest BCUT2D eigenvalue weighted by Crippen LogP contribution is 2.13. The molecule has 3 rings (SSSR count). The van der Waals surface area contributed by atoms with E-state index in [2.05, 4.69) is 25.4 Å². The number of rotatable bonds is 6. The van der Waals surface area contributed by atoms with Crippen LogP contribution in [0.5, 0.6) is 0 Å². The zero-order chi connectivity index (χ0) is 18.5. The van der Waals surface area contributed by atoms with Crippen LogP contribution in [0.25, 0.3) is 0 Å². The molecule has 0 spiro atoms. The van der Waals surface area contributed by atoms with Crippen LogP contribution < -0.4 is 10.2 Å². The smallest absolute Gasteiger partial charge is 0.275 e. The van der Waals surface area contributed by atoms with Crippen molar-refractivity contribution < 1.29 is 9.32 Å². The van der Waals surface area contributed by atoms with Gasteiger partial charge in [0.15, 0.2) is 5.82 Å². The second kappa shape index (κ2) is 7.73. The minimum Gasteiger partial charge on any atom is -0.360 e. The Morgan fingerprint density at radius 1 is 1.19 bits per heavy atom. The number of aryl methyl sites for hydroxylation is 2. The summed E-state index contributed by atoms with van der Waals surface area (Å²) in [6.45, 7) is 4.31. The van der Waals surface area contributed by atoms with Crippen molar-refractivity contribution in [1.82, 2.24) is 20.1 Å². The van der Waals surface area contributed by atoms with Crippen molar-refractivity contribution in [2.24, 2.45) is 0 Å². The second-order valence-electron chi connectivity index (χ2n) is 6.00. The van der Waals surface area contributed by atoms with E-state index in [-0.39, 0.29) is 11.6 Å². The van der Waals surface area contributed by atoms with E-state index in [0.29, 0.717) is 23.2 Å². The van der Waals surface area contributed by atoms with Crippen molar-refractivity contribution in [3.8, 4) is 0 Å². The number of anilines is 2. The molecule has 0 saturated heterocycles. The number of nitrogens with one attached hydrogen (secondary N) is 1. The fourth-order valence-electron chi connectivity index (χ4n) is 2.39. The van der Waals surface area contributed by atoms with Crippen LogP contribution in [0.15, 0.2) is 41.2 Å². The lowest BCUT2D eigenvalue weighted by molar-refractivity contribution is 0.102. The van der Waals surface area contributed by atoms with Crippen molar-refractivity contribution in [3.63, 3.8) is 0 Å². The van der Waals surface area contributed by atoms with E-state index in [4.69, 9.17) is 4.52 Å². The van der Waals surface area contributed by atoms with Crippen molar-refractivity contribution in [2.75, 3.05) is 23.8 Å². The molecule has 8 nitrogen and oxygen atoms in total. The molecule has 134 valence electrons.